The number of aromatic nitrogens is 1. The maximum Gasteiger partial charge on any atom is 0.469 e. The molecule has 4 atom stereocenters. The van der Waals surface area contributed by atoms with Gasteiger partial charge in [0.25, 0.3) is 12.2 Å². The average Bonchev–Trinajstić information content (AvgIpc) is 3.03. The number of amidine groups is 1. The smallest absolute Gasteiger partial charge is 0.392 e. The van der Waals surface area contributed by atoms with E-state index in [9.17, 15) is 19.6 Å². The van der Waals surface area contributed by atoms with Crippen LogP contribution in [-0.2, 0) is 29.8 Å². The lowest BCUT2D eigenvalue weighted by molar-refractivity contribution is -0.771. The second-order valence-corrected chi connectivity index (χ2v) is 9.19. The highest BCUT2D eigenvalue weighted by molar-refractivity contribution is 7.46. The molecule has 5 N–H and O–H groups in total. The number of rotatable bonds is 11. The first-order valence-electron chi connectivity index (χ1n) is 10.9. The molecular formula is C20H34N4O9P+. The molecule has 0 saturated carbocycles. The lowest BCUT2D eigenvalue weighted by Gasteiger charge is -2.14. The summed E-state index contributed by atoms with van der Waals surface area (Å²) < 4.78 is 27.8. The van der Waals surface area contributed by atoms with Crippen molar-refractivity contribution < 1.29 is 47.9 Å². The zero-order valence-electron chi connectivity index (χ0n) is 19.5. The average molecular weight is 505 g/mol. The Morgan fingerprint density at radius 2 is 2.03 bits per heavy atom. The molecule has 0 amide bonds. The van der Waals surface area contributed by atoms with Crippen LogP contribution in [0.4, 0.5) is 0 Å². The van der Waals surface area contributed by atoms with Gasteiger partial charge in [-0.05, 0) is 34.0 Å². The molecule has 2 heterocycles. The molecule has 1 aromatic rings. The van der Waals surface area contributed by atoms with E-state index in [1.165, 1.54) is 4.57 Å². The van der Waals surface area contributed by atoms with Crippen LogP contribution in [0.15, 0.2) is 29.4 Å². The second kappa shape index (κ2) is 13.2. The zero-order chi connectivity index (χ0) is 25.3. The van der Waals surface area contributed by atoms with Gasteiger partial charge in [-0.2, -0.15) is 4.57 Å². The predicted octanol–water partition coefficient (Wildman–Crippen LogP) is -1.29. The number of nitrogens with one attached hydrogen (secondary N) is 1. The number of hydrogen-bond donors (Lipinski definition) is 5. The third-order valence-corrected chi connectivity index (χ3v) is 5.38. The number of pyridine rings is 1. The second-order valence-electron chi connectivity index (χ2n) is 7.95. The highest BCUT2D eigenvalue weighted by atomic mass is 31.2. The van der Waals surface area contributed by atoms with Gasteiger partial charge in [0.05, 0.1) is 6.61 Å². The number of phosphoric acid groups is 1. The maximum atomic E-state index is 12.6. The van der Waals surface area contributed by atoms with Crippen molar-refractivity contribution in [1.82, 2.24) is 10.2 Å². The highest BCUT2D eigenvalue weighted by Gasteiger charge is 2.49. The van der Waals surface area contributed by atoms with Gasteiger partial charge in [0.15, 0.2) is 18.0 Å². The fourth-order valence-corrected chi connectivity index (χ4v) is 3.65. The van der Waals surface area contributed by atoms with Crippen LogP contribution in [0.1, 0.15) is 25.3 Å². The Balaban J connectivity index is 2.04. The molecule has 1 aliphatic rings. The van der Waals surface area contributed by atoms with Gasteiger partial charge in [-0.25, -0.2) is 9.56 Å². The van der Waals surface area contributed by atoms with E-state index in [0.717, 1.165) is 13.0 Å². The van der Waals surface area contributed by atoms with E-state index in [1.807, 2.05) is 25.9 Å². The van der Waals surface area contributed by atoms with Crippen LogP contribution >= 0.6 is 7.82 Å². The van der Waals surface area contributed by atoms with Crippen molar-refractivity contribution in [2.24, 2.45) is 4.99 Å². The number of aliphatic hydroxyl groups excluding tert-OH is 2. The van der Waals surface area contributed by atoms with E-state index in [-0.39, 0.29) is 12.4 Å². The fourth-order valence-electron chi connectivity index (χ4n) is 3.31. The van der Waals surface area contributed by atoms with Crippen molar-refractivity contribution in [2.75, 3.05) is 40.3 Å². The summed E-state index contributed by atoms with van der Waals surface area (Å²) in [5.74, 6) is -0.596. The first-order valence-corrected chi connectivity index (χ1v) is 12.4. The van der Waals surface area contributed by atoms with E-state index in [1.54, 1.807) is 24.4 Å². The third-order valence-electron chi connectivity index (χ3n) is 4.89. The first kappa shape index (κ1) is 28.3. The van der Waals surface area contributed by atoms with Crippen LogP contribution < -0.4 is 9.88 Å². The van der Waals surface area contributed by atoms with E-state index in [4.69, 9.17) is 19.3 Å². The number of aliphatic imine (C=N–C) groups is 1. The quantitative estimate of drug-likeness (QED) is 0.0604. The highest BCUT2D eigenvalue weighted by Crippen LogP contribution is 2.37. The van der Waals surface area contributed by atoms with Gasteiger partial charge in [0.2, 0.25) is 0 Å². The van der Waals surface area contributed by atoms with Crippen molar-refractivity contribution in [3.8, 4) is 0 Å². The third kappa shape index (κ3) is 9.01. The van der Waals surface area contributed by atoms with Crippen molar-refractivity contribution >= 4 is 19.8 Å². The Kier molecular flexibility index (Phi) is 11.0. The summed E-state index contributed by atoms with van der Waals surface area (Å²) in [5.41, 5.74) is 0.420. The molecule has 1 aromatic heterocycles. The minimum atomic E-state index is -4.78. The van der Waals surface area contributed by atoms with Gasteiger partial charge < -0.3 is 39.7 Å². The summed E-state index contributed by atoms with van der Waals surface area (Å²) in [7, 11) is -0.849. The van der Waals surface area contributed by atoms with Crippen LogP contribution in [0.25, 0.3) is 0 Å². The molecule has 192 valence electrons. The first-order chi connectivity index (χ1) is 16.0. The summed E-state index contributed by atoms with van der Waals surface area (Å²) in [6, 6.07) is 5.08. The van der Waals surface area contributed by atoms with Crippen LogP contribution in [0, 0.1) is 0 Å². The molecule has 1 fully saturated rings. The molecule has 0 spiro atoms. The van der Waals surface area contributed by atoms with Crippen LogP contribution in [0.5, 0.6) is 0 Å². The fraction of sp³-hybridized carbons (Fsp3) is 0.650. The van der Waals surface area contributed by atoms with Gasteiger partial charge in [0.1, 0.15) is 18.6 Å². The number of carbonyl (C=O) groups is 1. The monoisotopic (exact) mass is 505 g/mol. The number of carbonyl (C=O) groups excluding carboxylic acids is 1. The van der Waals surface area contributed by atoms with E-state index in [0.29, 0.717) is 18.8 Å². The minimum Gasteiger partial charge on any atom is -0.392 e. The van der Waals surface area contributed by atoms with Crippen LogP contribution in [-0.4, -0.2) is 95.5 Å². The number of phosphoric ester groups is 1. The summed E-state index contributed by atoms with van der Waals surface area (Å²) in [4.78, 5) is 36.6. The number of aliphatic hydroxyl groups is 2. The molecule has 0 bridgehead atoms. The van der Waals surface area contributed by atoms with E-state index >= 15 is 0 Å². The van der Waals surface area contributed by atoms with Crippen LogP contribution in [0.2, 0.25) is 0 Å². The standard InChI is InChI=1S/C20H33N4O9P/c1-4-21-20(22-9-7-10-23(2)3)33-16(25)12-14-8-5-6-11-24(14)19-18(27)17(26)15(32-19)13-31-34(28,29)30/h5-6,8,11,15,17-19,26-27H,4,7,9-10,12-13H2,1-3H3,(H2-,21,22,28,29,30)/p+1/t15-,17-,18-,19-/m1/s1. The van der Waals surface area contributed by atoms with Gasteiger partial charge in [-0.1, -0.05) is 6.07 Å². The molecule has 0 radical (unpaired) electrons. The van der Waals surface area contributed by atoms with Crippen LogP contribution in [0.3, 0.4) is 0 Å². The van der Waals surface area contributed by atoms with Crippen molar-refractivity contribution in [1.29, 1.82) is 0 Å². The minimum absolute atomic E-state index is 0.121. The molecule has 1 aliphatic heterocycles. The lowest BCUT2D eigenvalue weighted by Crippen LogP contribution is -2.49. The predicted molar refractivity (Wildman–Crippen MR) is 120 cm³/mol. The molecule has 0 aromatic carbocycles. The van der Waals surface area contributed by atoms with Crippen molar-refractivity contribution in [2.45, 2.75) is 44.3 Å². The molecule has 14 heteroatoms. The maximum absolute atomic E-state index is 12.6. The number of esters is 1. The van der Waals surface area contributed by atoms with Crippen molar-refractivity contribution in [3.63, 3.8) is 0 Å². The molecule has 34 heavy (non-hydrogen) atoms. The Morgan fingerprint density at radius 1 is 1.29 bits per heavy atom. The Hall–Kier alpha value is -1.96. The summed E-state index contributed by atoms with van der Waals surface area (Å²) in [5, 5.41) is 23.7. The van der Waals surface area contributed by atoms with Gasteiger partial charge in [-0.15, -0.1) is 0 Å². The Bertz CT molecular complexity index is 879. The summed E-state index contributed by atoms with van der Waals surface area (Å²) >= 11 is 0. The normalized spacial score (nSPS) is 23.4. The number of nitrogens with zero attached hydrogens (tertiary/aromatic N) is 3. The largest absolute Gasteiger partial charge is 0.469 e. The lowest BCUT2D eigenvalue weighted by atomic mass is 10.1. The van der Waals surface area contributed by atoms with Gasteiger partial charge >= 0.3 is 13.8 Å². The zero-order valence-corrected chi connectivity index (χ0v) is 20.4. The molecule has 13 nitrogen and oxygen atoms in total. The van der Waals surface area contributed by atoms with E-state index < -0.39 is 44.9 Å². The Morgan fingerprint density at radius 3 is 2.68 bits per heavy atom. The topological polar surface area (TPSA) is 174 Å². The molecule has 2 rings (SSSR count). The summed E-state index contributed by atoms with van der Waals surface area (Å²) in [6.07, 6.45) is -2.99. The SMILES string of the molecule is CC/N=C(\NCCCN(C)C)OC(=O)Cc1cccc[n+]1[C@@H]1O[C@H](COP(=O)(O)O)[C@@H](O)[C@H]1O. The number of hydrogen-bond acceptors (Lipinski definition) is 9. The molecule has 1 saturated heterocycles. The Labute approximate surface area is 198 Å². The molecular weight excluding hydrogens is 471 g/mol. The van der Waals surface area contributed by atoms with Gasteiger partial charge in [-0.3, -0.25) is 9.32 Å². The summed E-state index contributed by atoms with van der Waals surface area (Å²) in [6.45, 7) is 3.05. The van der Waals surface area contributed by atoms with Crippen molar-refractivity contribution in [3.05, 3.63) is 30.1 Å². The van der Waals surface area contributed by atoms with Gasteiger partial charge in [0, 0.05) is 25.2 Å². The molecule has 0 unspecified atom stereocenters. The van der Waals surface area contributed by atoms with E-state index in [2.05, 4.69) is 14.8 Å². The molecule has 0 aliphatic carbocycles. The number of ether oxygens (including phenoxy) is 2.